The minimum atomic E-state index is 0.0923. The number of benzene rings is 1. The fourth-order valence-corrected chi connectivity index (χ4v) is 3.52. The largest absolute Gasteiger partial charge is 0.325 e. The molecule has 0 saturated carbocycles. The predicted octanol–water partition coefficient (Wildman–Crippen LogP) is 1.22. The van der Waals surface area contributed by atoms with Crippen LogP contribution in [-0.2, 0) is 4.79 Å². The van der Waals surface area contributed by atoms with E-state index in [4.69, 9.17) is 0 Å². The summed E-state index contributed by atoms with van der Waals surface area (Å²) in [5, 5.41) is 6.49. The third kappa shape index (κ3) is 4.10. The summed E-state index contributed by atoms with van der Waals surface area (Å²) in [6.07, 6.45) is 1.26. The Bertz CT molecular complexity index is 546. The molecule has 1 amide bonds. The van der Waals surface area contributed by atoms with E-state index in [-0.39, 0.29) is 5.91 Å². The highest BCUT2D eigenvalue weighted by Crippen LogP contribution is 2.18. The predicted molar refractivity (Wildman–Crippen MR) is 93.8 cm³/mol. The van der Waals surface area contributed by atoms with Gasteiger partial charge in [0.2, 0.25) is 5.91 Å². The summed E-state index contributed by atoms with van der Waals surface area (Å²) in [6, 6.07) is 6.74. The number of amides is 1. The standard InChI is InChI=1S/C18H28N4O/c1-14-4-3-5-17(15(14)2)20-18(23)13-21-8-10-22(11-9-21)16-6-7-19-12-16/h3-5,16,19H,6-13H2,1-2H3,(H,20,23). The Balaban J connectivity index is 1.46. The van der Waals surface area contributed by atoms with Crippen molar-refractivity contribution < 1.29 is 4.79 Å². The lowest BCUT2D eigenvalue weighted by atomic mass is 10.1. The van der Waals surface area contributed by atoms with Gasteiger partial charge in [-0.05, 0) is 44.0 Å². The van der Waals surface area contributed by atoms with Gasteiger partial charge >= 0.3 is 0 Å². The van der Waals surface area contributed by atoms with Crippen LogP contribution in [0.5, 0.6) is 0 Å². The summed E-state index contributed by atoms with van der Waals surface area (Å²) in [6.45, 7) is 11.0. The second kappa shape index (κ2) is 7.43. The van der Waals surface area contributed by atoms with E-state index in [2.05, 4.69) is 40.3 Å². The zero-order chi connectivity index (χ0) is 16.2. The van der Waals surface area contributed by atoms with E-state index >= 15 is 0 Å². The van der Waals surface area contributed by atoms with Gasteiger partial charge in [0, 0.05) is 44.5 Å². The van der Waals surface area contributed by atoms with Crippen molar-refractivity contribution in [1.82, 2.24) is 15.1 Å². The topological polar surface area (TPSA) is 47.6 Å². The lowest BCUT2D eigenvalue weighted by Gasteiger charge is -2.37. The Morgan fingerprint density at radius 2 is 2.04 bits per heavy atom. The highest BCUT2D eigenvalue weighted by atomic mass is 16.2. The van der Waals surface area contributed by atoms with Crippen molar-refractivity contribution >= 4 is 11.6 Å². The van der Waals surface area contributed by atoms with Crippen molar-refractivity contribution in [2.75, 3.05) is 51.1 Å². The first-order valence-electron chi connectivity index (χ1n) is 8.66. The third-order valence-corrected chi connectivity index (χ3v) is 5.20. The van der Waals surface area contributed by atoms with E-state index in [9.17, 15) is 4.79 Å². The molecule has 2 N–H and O–H groups in total. The summed E-state index contributed by atoms with van der Waals surface area (Å²) < 4.78 is 0. The summed E-state index contributed by atoms with van der Waals surface area (Å²) in [5.74, 6) is 0.0923. The number of aryl methyl sites for hydroxylation is 1. The monoisotopic (exact) mass is 316 g/mol. The van der Waals surface area contributed by atoms with Crippen LogP contribution in [0.25, 0.3) is 0 Å². The van der Waals surface area contributed by atoms with Crippen LogP contribution in [0.3, 0.4) is 0 Å². The first-order chi connectivity index (χ1) is 11.1. The van der Waals surface area contributed by atoms with Crippen molar-refractivity contribution in [3.05, 3.63) is 29.3 Å². The Hall–Kier alpha value is -1.43. The molecule has 0 aromatic heterocycles. The highest BCUT2D eigenvalue weighted by molar-refractivity contribution is 5.93. The highest BCUT2D eigenvalue weighted by Gasteiger charge is 2.26. The average Bonchev–Trinajstić information content (AvgIpc) is 3.07. The van der Waals surface area contributed by atoms with Gasteiger partial charge in [-0.15, -0.1) is 0 Å². The van der Waals surface area contributed by atoms with Crippen LogP contribution >= 0.6 is 0 Å². The molecule has 2 heterocycles. The molecule has 0 radical (unpaired) electrons. The number of nitrogens with zero attached hydrogens (tertiary/aromatic N) is 2. The maximum absolute atomic E-state index is 12.3. The van der Waals surface area contributed by atoms with Gasteiger partial charge in [-0.2, -0.15) is 0 Å². The quantitative estimate of drug-likeness (QED) is 0.877. The number of anilines is 1. The Labute approximate surface area is 139 Å². The Morgan fingerprint density at radius 1 is 1.26 bits per heavy atom. The molecule has 5 nitrogen and oxygen atoms in total. The molecular formula is C18H28N4O. The van der Waals surface area contributed by atoms with Gasteiger partial charge in [0.15, 0.2) is 0 Å². The van der Waals surface area contributed by atoms with Crippen molar-refractivity contribution in [2.45, 2.75) is 26.3 Å². The van der Waals surface area contributed by atoms with Gasteiger partial charge in [0.25, 0.3) is 0 Å². The second-order valence-corrected chi connectivity index (χ2v) is 6.75. The molecular weight excluding hydrogens is 288 g/mol. The summed E-state index contributed by atoms with van der Waals surface area (Å²) in [5.41, 5.74) is 3.30. The maximum Gasteiger partial charge on any atom is 0.238 e. The van der Waals surface area contributed by atoms with Gasteiger partial charge in [-0.25, -0.2) is 0 Å². The van der Waals surface area contributed by atoms with E-state index in [1.807, 2.05) is 12.1 Å². The van der Waals surface area contributed by atoms with Gasteiger partial charge in [0.1, 0.15) is 0 Å². The van der Waals surface area contributed by atoms with Crippen molar-refractivity contribution in [3.63, 3.8) is 0 Å². The lowest BCUT2D eigenvalue weighted by molar-refractivity contribution is -0.117. The van der Waals surface area contributed by atoms with Crippen LogP contribution < -0.4 is 10.6 Å². The van der Waals surface area contributed by atoms with Crippen molar-refractivity contribution in [3.8, 4) is 0 Å². The fraction of sp³-hybridized carbons (Fsp3) is 0.611. The second-order valence-electron chi connectivity index (χ2n) is 6.75. The fourth-order valence-electron chi connectivity index (χ4n) is 3.52. The summed E-state index contributed by atoms with van der Waals surface area (Å²) in [7, 11) is 0. The average molecular weight is 316 g/mol. The van der Waals surface area contributed by atoms with Crippen molar-refractivity contribution in [1.29, 1.82) is 0 Å². The van der Waals surface area contributed by atoms with E-state index in [1.54, 1.807) is 0 Å². The van der Waals surface area contributed by atoms with E-state index in [0.717, 1.165) is 50.5 Å². The Kier molecular flexibility index (Phi) is 5.30. The Morgan fingerprint density at radius 3 is 2.74 bits per heavy atom. The smallest absolute Gasteiger partial charge is 0.238 e. The first-order valence-corrected chi connectivity index (χ1v) is 8.66. The maximum atomic E-state index is 12.3. The molecule has 2 aliphatic heterocycles. The lowest BCUT2D eigenvalue weighted by Crippen LogP contribution is -2.52. The molecule has 0 aliphatic carbocycles. The molecule has 1 unspecified atom stereocenters. The van der Waals surface area contributed by atoms with Crippen LogP contribution in [0.15, 0.2) is 18.2 Å². The normalized spacial score (nSPS) is 23.1. The molecule has 23 heavy (non-hydrogen) atoms. The molecule has 0 spiro atoms. The first kappa shape index (κ1) is 16.4. The molecule has 3 rings (SSSR count). The van der Waals surface area contributed by atoms with Crippen LogP contribution in [0.1, 0.15) is 17.5 Å². The molecule has 1 aromatic rings. The summed E-state index contributed by atoms with van der Waals surface area (Å²) in [4.78, 5) is 17.1. The zero-order valence-corrected chi connectivity index (χ0v) is 14.3. The molecule has 5 heteroatoms. The SMILES string of the molecule is Cc1cccc(NC(=O)CN2CCN(C3CCNC3)CC2)c1C. The summed E-state index contributed by atoms with van der Waals surface area (Å²) >= 11 is 0. The molecule has 1 atom stereocenters. The number of hydrogen-bond acceptors (Lipinski definition) is 4. The van der Waals surface area contributed by atoms with Crippen molar-refractivity contribution in [2.24, 2.45) is 0 Å². The van der Waals surface area contributed by atoms with Crippen LogP contribution in [0.2, 0.25) is 0 Å². The number of carbonyl (C=O) groups is 1. The number of hydrogen-bond donors (Lipinski definition) is 2. The third-order valence-electron chi connectivity index (χ3n) is 5.20. The molecule has 2 aliphatic rings. The van der Waals surface area contributed by atoms with Gasteiger partial charge < -0.3 is 10.6 Å². The number of piperazine rings is 1. The van der Waals surface area contributed by atoms with Gasteiger partial charge in [-0.3, -0.25) is 14.6 Å². The number of carbonyl (C=O) groups excluding carboxylic acids is 1. The van der Waals surface area contributed by atoms with E-state index in [1.165, 1.54) is 12.0 Å². The minimum Gasteiger partial charge on any atom is -0.325 e. The van der Waals surface area contributed by atoms with Gasteiger partial charge in [0.05, 0.1) is 6.54 Å². The van der Waals surface area contributed by atoms with E-state index in [0.29, 0.717) is 12.6 Å². The minimum absolute atomic E-state index is 0.0923. The van der Waals surface area contributed by atoms with Crippen LogP contribution in [0.4, 0.5) is 5.69 Å². The number of nitrogens with one attached hydrogen (secondary N) is 2. The number of rotatable bonds is 4. The zero-order valence-electron chi connectivity index (χ0n) is 14.3. The molecule has 126 valence electrons. The molecule has 1 aromatic carbocycles. The van der Waals surface area contributed by atoms with Gasteiger partial charge in [-0.1, -0.05) is 12.1 Å². The molecule has 0 bridgehead atoms. The molecule has 2 fully saturated rings. The van der Waals surface area contributed by atoms with Crippen LogP contribution in [-0.4, -0.2) is 67.6 Å². The van der Waals surface area contributed by atoms with Crippen LogP contribution in [0, 0.1) is 13.8 Å². The van der Waals surface area contributed by atoms with E-state index < -0.39 is 0 Å². The molecule has 2 saturated heterocycles.